The molecule has 0 radical (unpaired) electrons. The number of carboxylic acid groups (broad SMARTS) is 1. The second kappa shape index (κ2) is 7.50. The Bertz CT molecular complexity index is 263. The van der Waals surface area contributed by atoms with Gasteiger partial charge in [0.1, 0.15) is 6.54 Å². The van der Waals surface area contributed by atoms with E-state index >= 15 is 0 Å². The predicted molar refractivity (Wildman–Crippen MR) is 67.4 cm³/mol. The van der Waals surface area contributed by atoms with Gasteiger partial charge in [0.25, 0.3) is 0 Å². The molecule has 0 aromatic rings. The van der Waals surface area contributed by atoms with Crippen LogP contribution in [0.2, 0.25) is 0 Å². The lowest BCUT2D eigenvalue weighted by Gasteiger charge is -2.38. The molecule has 2 atom stereocenters. The highest BCUT2D eigenvalue weighted by Gasteiger charge is 2.26. The van der Waals surface area contributed by atoms with Gasteiger partial charge in [-0.3, -0.25) is 14.5 Å². The van der Waals surface area contributed by atoms with Crippen LogP contribution in [-0.2, 0) is 9.59 Å². The molecule has 0 bridgehead atoms. The number of hydrogen-bond acceptors (Lipinski definition) is 3. The minimum atomic E-state index is -1.01. The van der Waals surface area contributed by atoms with E-state index < -0.39 is 5.97 Å². The lowest BCUT2D eigenvalue weighted by atomic mass is 9.97. The SMILES string of the molecule is C[C@@H]1CCC[C@H](C)N1CC(=O)NCC(=O)O.Cl. The van der Waals surface area contributed by atoms with Crippen LogP contribution < -0.4 is 5.32 Å². The number of amides is 1. The third-order valence-corrected chi connectivity index (χ3v) is 3.14. The largest absolute Gasteiger partial charge is 0.480 e. The van der Waals surface area contributed by atoms with Gasteiger partial charge in [0.15, 0.2) is 0 Å². The predicted octanol–water partition coefficient (Wildman–Crippen LogP) is 0.872. The summed E-state index contributed by atoms with van der Waals surface area (Å²) >= 11 is 0. The fourth-order valence-corrected chi connectivity index (χ4v) is 2.18. The molecular formula is C11H21ClN2O3. The maximum atomic E-state index is 11.5. The number of hydrogen-bond donors (Lipinski definition) is 2. The van der Waals surface area contributed by atoms with E-state index in [-0.39, 0.29) is 24.9 Å². The lowest BCUT2D eigenvalue weighted by molar-refractivity contribution is -0.138. The smallest absolute Gasteiger partial charge is 0.322 e. The maximum absolute atomic E-state index is 11.5. The molecule has 1 aliphatic heterocycles. The van der Waals surface area contributed by atoms with Crippen LogP contribution in [0.15, 0.2) is 0 Å². The van der Waals surface area contributed by atoms with Crippen LogP contribution in [0.5, 0.6) is 0 Å². The van der Waals surface area contributed by atoms with E-state index in [9.17, 15) is 9.59 Å². The Labute approximate surface area is 108 Å². The first-order chi connectivity index (χ1) is 7.50. The van der Waals surface area contributed by atoms with Gasteiger partial charge in [0.2, 0.25) is 5.91 Å². The molecule has 0 aromatic carbocycles. The number of likely N-dealkylation sites (tertiary alicyclic amines) is 1. The van der Waals surface area contributed by atoms with Gasteiger partial charge < -0.3 is 10.4 Å². The summed E-state index contributed by atoms with van der Waals surface area (Å²) in [6.07, 6.45) is 3.42. The zero-order chi connectivity index (χ0) is 12.1. The number of rotatable bonds is 4. The van der Waals surface area contributed by atoms with Crippen molar-refractivity contribution in [2.75, 3.05) is 13.1 Å². The normalized spacial score (nSPS) is 24.8. The quantitative estimate of drug-likeness (QED) is 0.791. The van der Waals surface area contributed by atoms with Crippen molar-refractivity contribution in [3.8, 4) is 0 Å². The van der Waals surface area contributed by atoms with Gasteiger partial charge in [-0.1, -0.05) is 6.42 Å². The van der Waals surface area contributed by atoms with E-state index in [1.54, 1.807) is 0 Å². The van der Waals surface area contributed by atoms with Crippen LogP contribution in [0.25, 0.3) is 0 Å². The molecule has 5 nitrogen and oxygen atoms in total. The summed E-state index contributed by atoms with van der Waals surface area (Å²) in [5.74, 6) is -1.21. The molecule has 100 valence electrons. The van der Waals surface area contributed by atoms with Crippen molar-refractivity contribution in [3.05, 3.63) is 0 Å². The highest BCUT2D eigenvalue weighted by atomic mass is 35.5. The third kappa shape index (κ3) is 5.37. The first-order valence-corrected chi connectivity index (χ1v) is 5.75. The zero-order valence-electron chi connectivity index (χ0n) is 10.3. The summed E-state index contributed by atoms with van der Waals surface area (Å²) in [5, 5.41) is 10.8. The molecule has 17 heavy (non-hydrogen) atoms. The summed E-state index contributed by atoms with van der Waals surface area (Å²) in [6, 6.07) is 0.804. The van der Waals surface area contributed by atoms with Gasteiger partial charge in [-0.2, -0.15) is 0 Å². The van der Waals surface area contributed by atoms with Crippen molar-refractivity contribution in [3.63, 3.8) is 0 Å². The van der Waals surface area contributed by atoms with Gasteiger partial charge in [-0.05, 0) is 26.7 Å². The summed E-state index contributed by atoms with van der Waals surface area (Å²) in [4.78, 5) is 23.9. The Hall–Kier alpha value is -0.810. The molecule has 2 N–H and O–H groups in total. The summed E-state index contributed by atoms with van der Waals surface area (Å²) in [6.45, 7) is 4.23. The lowest BCUT2D eigenvalue weighted by Crippen LogP contribution is -2.49. The van der Waals surface area contributed by atoms with Crippen LogP contribution in [0.1, 0.15) is 33.1 Å². The van der Waals surface area contributed by atoms with E-state index in [1.165, 1.54) is 6.42 Å². The average Bonchev–Trinajstić information content (AvgIpc) is 2.21. The van der Waals surface area contributed by atoms with Crippen molar-refractivity contribution in [1.29, 1.82) is 0 Å². The first kappa shape index (κ1) is 16.2. The fourth-order valence-electron chi connectivity index (χ4n) is 2.18. The van der Waals surface area contributed by atoms with Gasteiger partial charge >= 0.3 is 5.97 Å². The molecule has 0 aromatic heterocycles. The molecule has 1 heterocycles. The number of carboxylic acids is 1. The topological polar surface area (TPSA) is 69.6 Å². The second-order valence-corrected chi connectivity index (χ2v) is 4.47. The molecular weight excluding hydrogens is 244 g/mol. The van der Waals surface area contributed by atoms with Crippen LogP contribution in [0.4, 0.5) is 0 Å². The monoisotopic (exact) mass is 264 g/mol. The highest BCUT2D eigenvalue weighted by Crippen LogP contribution is 2.21. The van der Waals surface area contributed by atoms with Crippen LogP contribution >= 0.6 is 12.4 Å². The van der Waals surface area contributed by atoms with Gasteiger partial charge in [-0.15, -0.1) is 12.4 Å². The standard InChI is InChI=1S/C11H20N2O3.ClH/c1-8-4-3-5-9(2)13(8)7-10(14)12-6-11(15)16;/h8-9H,3-7H2,1-2H3,(H,12,14)(H,15,16);1H/t8-,9+;. The summed E-state index contributed by atoms with van der Waals surface area (Å²) in [5.41, 5.74) is 0. The molecule has 1 fully saturated rings. The van der Waals surface area contributed by atoms with Crippen molar-refractivity contribution in [2.45, 2.75) is 45.2 Å². The minimum Gasteiger partial charge on any atom is -0.480 e. The number of aliphatic carboxylic acids is 1. The molecule has 6 heteroatoms. The molecule has 1 aliphatic rings. The van der Waals surface area contributed by atoms with Crippen molar-refractivity contribution < 1.29 is 14.7 Å². The van der Waals surface area contributed by atoms with Crippen molar-refractivity contribution in [1.82, 2.24) is 10.2 Å². The van der Waals surface area contributed by atoms with Crippen molar-refractivity contribution >= 4 is 24.3 Å². The Morgan fingerprint density at radius 2 is 1.82 bits per heavy atom. The van der Waals surface area contributed by atoms with E-state index in [0.29, 0.717) is 18.6 Å². The molecule has 1 saturated heterocycles. The Kier molecular flexibility index (Phi) is 7.15. The van der Waals surface area contributed by atoms with Crippen LogP contribution in [-0.4, -0.2) is 47.1 Å². The molecule has 0 unspecified atom stereocenters. The minimum absolute atomic E-state index is 0. The average molecular weight is 265 g/mol. The number of halogens is 1. The number of carbonyl (C=O) groups is 2. The second-order valence-electron chi connectivity index (χ2n) is 4.47. The van der Waals surface area contributed by atoms with Crippen LogP contribution in [0.3, 0.4) is 0 Å². The number of nitrogens with one attached hydrogen (secondary N) is 1. The highest BCUT2D eigenvalue weighted by molar-refractivity contribution is 5.85. The summed E-state index contributed by atoms with van der Waals surface area (Å²) < 4.78 is 0. The molecule has 0 spiro atoms. The Morgan fingerprint density at radius 1 is 1.29 bits per heavy atom. The third-order valence-electron chi connectivity index (χ3n) is 3.14. The molecule has 1 amide bonds. The first-order valence-electron chi connectivity index (χ1n) is 5.75. The van der Waals surface area contributed by atoms with E-state index in [2.05, 4.69) is 24.1 Å². The van der Waals surface area contributed by atoms with Gasteiger partial charge in [-0.25, -0.2) is 0 Å². The Morgan fingerprint density at radius 3 is 2.29 bits per heavy atom. The van der Waals surface area contributed by atoms with Crippen LogP contribution in [0, 0.1) is 0 Å². The van der Waals surface area contributed by atoms with Gasteiger partial charge in [0, 0.05) is 12.1 Å². The summed E-state index contributed by atoms with van der Waals surface area (Å²) in [7, 11) is 0. The van der Waals surface area contributed by atoms with Gasteiger partial charge in [0.05, 0.1) is 6.54 Å². The number of carbonyl (C=O) groups excluding carboxylic acids is 1. The van der Waals surface area contributed by atoms with E-state index in [1.807, 2.05) is 0 Å². The fraction of sp³-hybridized carbons (Fsp3) is 0.818. The molecule has 0 aliphatic carbocycles. The number of nitrogens with zero attached hydrogens (tertiary/aromatic N) is 1. The van der Waals surface area contributed by atoms with E-state index in [0.717, 1.165) is 12.8 Å². The maximum Gasteiger partial charge on any atom is 0.322 e. The molecule has 1 rings (SSSR count). The zero-order valence-corrected chi connectivity index (χ0v) is 11.1. The molecule has 0 saturated carbocycles. The van der Waals surface area contributed by atoms with E-state index in [4.69, 9.17) is 5.11 Å². The number of piperidine rings is 1. The Balaban J connectivity index is 0.00000256. The van der Waals surface area contributed by atoms with Crippen molar-refractivity contribution in [2.24, 2.45) is 0 Å².